The molecule has 0 aliphatic heterocycles. The number of anilines is 1. The number of nitrogens with two attached hydrogens (primary N) is 1. The van der Waals surface area contributed by atoms with Crippen LogP contribution in [0.25, 0.3) is 0 Å². The zero-order valence-electron chi connectivity index (χ0n) is 9.10. The highest BCUT2D eigenvalue weighted by Crippen LogP contribution is 2.11. The van der Waals surface area contributed by atoms with E-state index in [1.165, 1.54) is 4.88 Å². The van der Waals surface area contributed by atoms with Crippen molar-refractivity contribution in [1.82, 2.24) is 15.3 Å². The van der Waals surface area contributed by atoms with Crippen LogP contribution in [0, 0.1) is 6.92 Å². The maximum atomic E-state index is 5.56. The van der Waals surface area contributed by atoms with E-state index in [-0.39, 0.29) is 0 Å². The third-order valence-corrected chi connectivity index (χ3v) is 3.22. The maximum Gasteiger partial charge on any atom is 0.0798 e. The number of nitrogen functional groups attached to an aromatic ring is 1. The Morgan fingerprint density at radius 2 is 2.19 bits per heavy atom. The molecule has 2 aromatic heterocycles. The Bertz CT molecular complexity index is 449. The lowest BCUT2D eigenvalue weighted by molar-refractivity contribution is 0.683. The molecule has 0 aliphatic rings. The predicted molar refractivity (Wildman–Crippen MR) is 66.0 cm³/mol. The van der Waals surface area contributed by atoms with Crippen LogP contribution >= 0.6 is 11.3 Å². The Morgan fingerprint density at radius 1 is 1.31 bits per heavy atom. The predicted octanol–water partition coefficient (Wildman–Crippen LogP) is 1.72. The number of hydrogen-bond acceptors (Lipinski definition) is 5. The fourth-order valence-corrected chi connectivity index (χ4v) is 2.09. The van der Waals surface area contributed by atoms with E-state index < -0.39 is 0 Å². The lowest BCUT2D eigenvalue weighted by atomic mass is 10.3. The average molecular weight is 234 g/mol. The normalized spacial score (nSPS) is 10.6. The van der Waals surface area contributed by atoms with Crippen LogP contribution in [0.1, 0.15) is 16.3 Å². The van der Waals surface area contributed by atoms with Crippen LogP contribution in [0.4, 0.5) is 5.69 Å². The number of pyridine rings is 1. The number of aromatic nitrogens is 2. The van der Waals surface area contributed by atoms with Crippen molar-refractivity contribution in [3.63, 3.8) is 0 Å². The first-order chi connectivity index (χ1) is 7.75. The van der Waals surface area contributed by atoms with Crippen LogP contribution in [0.15, 0.2) is 23.8 Å². The smallest absolute Gasteiger partial charge is 0.0798 e. The molecule has 0 bridgehead atoms. The second-order valence-electron chi connectivity index (χ2n) is 3.55. The van der Waals surface area contributed by atoms with E-state index in [4.69, 9.17) is 5.73 Å². The Labute approximate surface area is 98.6 Å². The van der Waals surface area contributed by atoms with Crippen molar-refractivity contribution in [3.8, 4) is 0 Å². The van der Waals surface area contributed by atoms with Gasteiger partial charge in [0.1, 0.15) is 0 Å². The van der Waals surface area contributed by atoms with Crippen molar-refractivity contribution in [3.05, 3.63) is 40.1 Å². The Balaban J connectivity index is 1.84. The SMILES string of the molecule is Cc1ncsc1CNCc1ccc(N)cn1. The third-order valence-electron chi connectivity index (χ3n) is 2.28. The van der Waals surface area contributed by atoms with Gasteiger partial charge < -0.3 is 11.1 Å². The van der Waals surface area contributed by atoms with Gasteiger partial charge in [0.15, 0.2) is 0 Å². The first kappa shape index (κ1) is 11.0. The van der Waals surface area contributed by atoms with Crippen LogP contribution in [0.3, 0.4) is 0 Å². The van der Waals surface area contributed by atoms with Gasteiger partial charge in [-0.2, -0.15) is 0 Å². The van der Waals surface area contributed by atoms with Crippen LogP contribution in [0.2, 0.25) is 0 Å². The molecule has 0 spiro atoms. The number of hydrogen-bond donors (Lipinski definition) is 2. The van der Waals surface area contributed by atoms with Crippen molar-refractivity contribution < 1.29 is 0 Å². The number of nitrogens with zero attached hydrogens (tertiary/aromatic N) is 2. The number of thiazole rings is 1. The molecule has 0 radical (unpaired) electrons. The molecule has 0 unspecified atom stereocenters. The van der Waals surface area contributed by atoms with Crippen molar-refractivity contribution in [2.75, 3.05) is 5.73 Å². The molecule has 5 heteroatoms. The maximum absolute atomic E-state index is 5.56. The van der Waals surface area contributed by atoms with Gasteiger partial charge in [-0.25, -0.2) is 4.98 Å². The fraction of sp³-hybridized carbons (Fsp3) is 0.273. The molecule has 0 aliphatic carbocycles. The molecule has 0 atom stereocenters. The molecule has 4 nitrogen and oxygen atoms in total. The minimum absolute atomic E-state index is 0.696. The van der Waals surface area contributed by atoms with Crippen molar-refractivity contribution >= 4 is 17.0 Å². The largest absolute Gasteiger partial charge is 0.397 e. The van der Waals surface area contributed by atoms with E-state index in [2.05, 4.69) is 15.3 Å². The van der Waals surface area contributed by atoms with E-state index in [0.29, 0.717) is 5.69 Å². The van der Waals surface area contributed by atoms with Gasteiger partial charge in [0.05, 0.1) is 28.8 Å². The standard InChI is InChI=1S/C11H14N4S/c1-8-11(16-7-15-8)6-13-5-10-3-2-9(12)4-14-10/h2-4,7,13H,5-6,12H2,1H3. The van der Waals surface area contributed by atoms with Gasteiger partial charge in [0.25, 0.3) is 0 Å². The summed E-state index contributed by atoms with van der Waals surface area (Å²) in [6.45, 7) is 3.61. The number of nitrogens with one attached hydrogen (secondary N) is 1. The Kier molecular flexibility index (Phi) is 3.48. The second-order valence-corrected chi connectivity index (χ2v) is 4.49. The molecule has 0 fully saturated rings. The van der Waals surface area contributed by atoms with Crippen LogP contribution in [-0.4, -0.2) is 9.97 Å². The van der Waals surface area contributed by atoms with Gasteiger partial charge in [-0.1, -0.05) is 0 Å². The van der Waals surface area contributed by atoms with E-state index in [0.717, 1.165) is 24.5 Å². The van der Waals surface area contributed by atoms with Crippen LogP contribution in [0.5, 0.6) is 0 Å². The highest BCUT2D eigenvalue weighted by Gasteiger charge is 2.00. The summed E-state index contributed by atoms with van der Waals surface area (Å²) in [7, 11) is 0. The highest BCUT2D eigenvalue weighted by molar-refractivity contribution is 7.09. The third kappa shape index (κ3) is 2.77. The summed E-state index contributed by atoms with van der Waals surface area (Å²) in [5, 5.41) is 3.33. The Hall–Kier alpha value is -1.46. The molecule has 0 saturated carbocycles. The second kappa shape index (κ2) is 5.05. The molecular formula is C11H14N4S. The lowest BCUT2D eigenvalue weighted by Crippen LogP contribution is -2.13. The fourth-order valence-electron chi connectivity index (χ4n) is 1.34. The highest BCUT2D eigenvalue weighted by atomic mass is 32.1. The van der Waals surface area contributed by atoms with E-state index in [1.54, 1.807) is 17.5 Å². The van der Waals surface area contributed by atoms with Gasteiger partial charge in [-0.05, 0) is 19.1 Å². The zero-order valence-corrected chi connectivity index (χ0v) is 9.92. The molecule has 3 N–H and O–H groups in total. The van der Waals surface area contributed by atoms with Crippen LogP contribution < -0.4 is 11.1 Å². The van der Waals surface area contributed by atoms with E-state index in [1.807, 2.05) is 24.6 Å². The molecule has 2 rings (SSSR count). The summed E-state index contributed by atoms with van der Waals surface area (Å²) in [5.74, 6) is 0. The molecule has 0 amide bonds. The van der Waals surface area contributed by atoms with Gasteiger partial charge >= 0.3 is 0 Å². The molecule has 2 heterocycles. The Morgan fingerprint density at radius 3 is 2.81 bits per heavy atom. The minimum atomic E-state index is 0.696. The van der Waals surface area contributed by atoms with Gasteiger partial charge in [0, 0.05) is 18.0 Å². The number of rotatable bonds is 4. The van der Waals surface area contributed by atoms with Crippen molar-refractivity contribution in [1.29, 1.82) is 0 Å². The van der Waals surface area contributed by atoms with Crippen molar-refractivity contribution in [2.45, 2.75) is 20.0 Å². The zero-order chi connectivity index (χ0) is 11.4. The summed E-state index contributed by atoms with van der Waals surface area (Å²) in [5.41, 5.74) is 10.2. The van der Waals surface area contributed by atoms with E-state index >= 15 is 0 Å². The van der Waals surface area contributed by atoms with Gasteiger partial charge in [-0.3, -0.25) is 4.98 Å². The van der Waals surface area contributed by atoms with Crippen LogP contribution in [-0.2, 0) is 13.1 Å². The average Bonchev–Trinajstić information content (AvgIpc) is 2.68. The molecular weight excluding hydrogens is 220 g/mol. The summed E-state index contributed by atoms with van der Waals surface area (Å²) < 4.78 is 0. The topological polar surface area (TPSA) is 63.8 Å². The van der Waals surface area contributed by atoms with Gasteiger partial charge in [-0.15, -0.1) is 11.3 Å². The summed E-state index contributed by atoms with van der Waals surface area (Å²) in [6.07, 6.45) is 1.68. The first-order valence-electron chi connectivity index (χ1n) is 5.06. The summed E-state index contributed by atoms with van der Waals surface area (Å²) in [6, 6.07) is 3.80. The monoisotopic (exact) mass is 234 g/mol. The minimum Gasteiger partial charge on any atom is -0.397 e. The summed E-state index contributed by atoms with van der Waals surface area (Å²) in [4.78, 5) is 9.69. The molecule has 84 valence electrons. The van der Waals surface area contributed by atoms with Gasteiger partial charge in [0.2, 0.25) is 0 Å². The first-order valence-corrected chi connectivity index (χ1v) is 5.94. The number of aryl methyl sites for hydroxylation is 1. The van der Waals surface area contributed by atoms with E-state index in [9.17, 15) is 0 Å². The molecule has 0 aromatic carbocycles. The molecule has 0 saturated heterocycles. The quantitative estimate of drug-likeness (QED) is 0.845. The summed E-state index contributed by atoms with van der Waals surface area (Å²) >= 11 is 1.67. The molecule has 2 aromatic rings. The molecule has 16 heavy (non-hydrogen) atoms. The van der Waals surface area contributed by atoms with Crippen molar-refractivity contribution in [2.24, 2.45) is 0 Å². The lowest BCUT2D eigenvalue weighted by Gasteiger charge is -2.03.